The number of aromatic amines is 1. The normalized spacial score (nSPS) is 23.9. The summed E-state index contributed by atoms with van der Waals surface area (Å²) in [6.45, 7) is 7.59. The highest BCUT2D eigenvalue weighted by molar-refractivity contribution is 5.58. The van der Waals surface area contributed by atoms with Gasteiger partial charge >= 0.3 is 0 Å². The van der Waals surface area contributed by atoms with Crippen molar-refractivity contribution in [2.24, 2.45) is 0 Å². The first kappa shape index (κ1) is 13.3. The molecule has 2 N–H and O–H groups in total. The van der Waals surface area contributed by atoms with Crippen LogP contribution in [0.1, 0.15) is 19.5 Å². The highest BCUT2D eigenvalue weighted by atomic mass is 15.2. The van der Waals surface area contributed by atoms with Gasteiger partial charge in [-0.05, 0) is 19.9 Å². The fourth-order valence-corrected chi connectivity index (χ4v) is 2.74. The van der Waals surface area contributed by atoms with Crippen LogP contribution in [-0.2, 0) is 6.54 Å². The number of benzene rings is 1. The molecule has 2 aromatic rings. The summed E-state index contributed by atoms with van der Waals surface area (Å²) in [5.74, 6) is 0. The van der Waals surface area contributed by atoms with Gasteiger partial charge in [-0.2, -0.15) is 5.10 Å². The lowest BCUT2D eigenvalue weighted by Crippen LogP contribution is -2.53. The third-order valence-corrected chi connectivity index (χ3v) is 3.97. The Bertz CT molecular complexity index is 549. The second-order valence-corrected chi connectivity index (χ2v) is 5.73. The first-order valence-electron chi connectivity index (χ1n) is 7.29. The molecule has 1 aromatic carbocycles. The van der Waals surface area contributed by atoms with Gasteiger partial charge in [0.15, 0.2) is 0 Å². The van der Waals surface area contributed by atoms with Crippen LogP contribution >= 0.6 is 0 Å². The number of rotatable bonds is 3. The second-order valence-electron chi connectivity index (χ2n) is 5.73. The standard InChI is InChI=1S/C16H22N4/c1-12-10-20(13(2)9-17-12)11-15-8-16(19-18-15)14-6-4-3-5-7-14/h3-8,12-13,17H,9-11H2,1-2H3,(H,18,19). The van der Waals surface area contributed by atoms with Crippen molar-refractivity contribution in [1.29, 1.82) is 0 Å². The Morgan fingerprint density at radius 2 is 2.05 bits per heavy atom. The molecular formula is C16H22N4. The fourth-order valence-electron chi connectivity index (χ4n) is 2.74. The van der Waals surface area contributed by atoms with Crippen molar-refractivity contribution in [1.82, 2.24) is 20.4 Å². The van der Waals surface area contributed by atoms with Crippen molar-refractivity contribution in [3.05, 3.63) is 42.1 Å². The molecule has 4 nitrogen and oxygen atoms in total. The van der Waals surface area contributed by atoms with E-state index in [1.165, 1.54) is 5.69 Å². The maximum atomic E-state index is 4.43. The molecule has 2 atom stereocenters. The molecule has 0 amide bonds. The molecular weight excluding hydrogens is 248 g/mol. The van der Waals surface area contributed by atoms with Crippen molar-refractivity contribution in [2.45, 2.75) is 32.5 Å². The first-order chi connectivity index (χ1) is 9.72. The van der Waals surface area contributed by atoms with Crippen LogP contribution in [0.5, 0.6) is 0 Å². The van der Waals surface area contributed by atoms with Crippen molar-refractivity contribution in [2.75, 3.05) is 13.1 Å². The Hall–Kier alpha value is -1.65. The smallest absolute Gasteiger partial charge is 0.0924 e. The van der Waals surface area contributed by atoms with Gasteiger partial charge < -0.3 is 5.32 Å². The molecule has 4 heteroatoms. The predicted molar refractivity (Wildman–Crippen MR) is 81.4 cm³/mol. The van der Waals surface area contributed by atoms with Crippen molar-refractivity contribution < 1.29 is 0 Å². The van der Waals surface area contributed by atoms with E-state index in [-0.39, 0.29) is 0 Å². The summed E-state index contributed by atoms with van der Waals surface area (Å²) in [5, 5.41) is 11.1. The van der Waals surface area contributed by atoms with Crippen LogP contribution in [0.15, 0.2) is 36.4 Å². The number of hydrogen-bond donors (Lipinski definition) is 2. The highest BCUT2D eigenvalue weighted by Crippen LogP contribution is 2.18. The van der Waals surface area contributed by atoms with Gasteiger partial charge in [-0.1, -0.05) is 30.3 Å². The molecule has 0 aliphatic carbocycles. The zero-order valence-electron chi connectivity index (χ0n) is 12.1. The molecule has 1 aliphatic rings. The summed E-state index contributed by atoms with van der Waals surface area (Å²) in [5.41, 5.74) is 3.37. The SMILES string of the molecule is CC1CN(Cc2cc(-c3ccccc3)n[nH]2)C(C)CN1. The Morgan fingerprint density at radius 3 is 2.85 bits per heavy atom. The van der Waals surface area contributed by atoms with E-state index < -0.39 is 0 Å². The van der Waals surface area contributed by atoms with Crippen molar-refractivity contribution in [3.63, 3.8) is 0 Å². The topological polar surface area (TPSA) is 44.0 Å². The largest absolute Gasteiger partial charge is 0.311 e. The summed E-state index contributed by atoms with van der Waals surface area (Å²) < 4.78 is 0. The molecule has 0 radical (unpaired) electrons. The predicted octanol–water partition coefficient (Wildman–Crippen LogP) is 2.26. The van der Waals surface area contributed by atoms with Gasteiger partial charge in [-0.25, -0.2) is 0 Å². The van der Waals surface area contributed by atoms with E-state index in [1.54, 1.807) is 0 Å². The van der Waals surface area contributed by atoms with E-state index in [1.807, 2.05) is 18.2 Å². The van der Waals surface area contributed by atoms with Crippen LogP contribution in [0.2, 0.25) is 0 Å². The van der Waals surface area contributed by atoms with E-state index in [2.05, 4.69) is 52.5 Å². The van der Waals surface area contributed by atoms with Crippen molar-refractivity contribution in [3.8, 4) is 11.3 Å². The Balaban J connectivity index is 1.71. The molecule has 1 aromatic heterocycles. The molecule has 0 bridgehead atoms. The number of nitrogens with zero attached hydrogens (tertiary/aromatic N) is 2. The number of H-pyrrole nitrogens is 1. The summed E-state index contributed by atoms with van der Waals surface area (Å²) >= 11 is 0. The molecule has 1 aliphatic heterocycles. The van der Waals surface area contributed by atoms with E-state index in [0.717, 1.165) is 30.9 Å². The number of hydrogen-bond acceptors (Lipinski definition) is 3. The van der Waals surface area contributed by atoms with Gasteiger partial charge in [-0.3, -0.25) is 10.00 Å². The van der Waals surface area contributed by atoms with Gasteiger partial charge in [0, 0.05) is 43.0 Å². The Morgan fingerprint density at radius 1 is 1.25 bits per heavy atom. The van der Waals surface area contributed by atoms with Gasteiger partial charge in [0.25, 0.3) is 0 Å². The monoisotopic (exact) mass is 270 g/mol. The maximum Gasteiger partial charge on any atom is 0.0924 e. The third kappa shape index (κ3) is 2.92. The lowest BCUT2D eigenvalue weighted by molar-refractivity contribution is 0.137. The third-order valence-electron chi connectivity index (χ3n) is 3.97. The average Bonchev–Trinajstić information content (AvgIpc) is 2.92. The van der Waals surface area contributed by atoms with Crippen LogP contribution in [0.3, 0.4) is 0 Å². The van der Waals surface area contributed by atoms with E-state index in [4.69, 9.17) is 0 Å². The summed E-state index contributed by atoms with van der Waals surface area (Å²) in [7, 11) is 0. The average molecular weight is 270 g/mol. The van der Waals surface area contributed by atoms with Crippen LogP contribution in [0.25, 0.3) is 11.3 Å². The molecule has 0 spiro atoms. The molecule has 3 rings (SSSR count). The van der Waals surface area contributed by atoms with E-state index in [9.17, 15) is 0 Å². The van der Waals surface area contributed by atoms with E-state index >= 15 is 0 Å². The molecule has 1 saturated heterocycles. The lowest BCUT2D eigenvalue weighted by atomic mass is 10.1. The summed E-state index contributed by atoms with van der Waals surface area (Å²) in [4.78, 5) is 2.50. The molecule has 106 valence electrons. The molecule has 2 unspecified atom stereocenters. The van der Waals surface area contributed by atoms with Crippen LogP contribution in [0, 0.1) is 0 Å². The molecule has 20 heavy (non-hydrogen) atoms. The quantitative estimate of drug-likeness (QED) is 0.899. The number of nitrogens with one attached hydrogen (secondary N) is 2. The molecule has 1 fully saturated rings. The van der Waals surface area contributed by atoms with Gasteiger partial charge in [0.1, 0.15) is 0 Å². The zero-order valence-corrected chi connectivity index (χ0v) is 12.1. The highest BCUT2D eigenvalue weighted by Gasteiger charge is 2.22. The van der Waals surface area contributed by atoms with Crippen LogP contribution in [-0.4, -0.2) is 40.3 Å². The maximum absolute atomic E-state index is 4.43. The molecule has 0 saturated carbocycles. The van der Waals surface area contributed by atoms with Crippen LogP contribution in [0.4, 0.5) is 0 Å². The second kappa shape index (κ2) is 5.77. The minimum Gasteiger partial charge on any atom is -0.311 e. The van der Waals surface area contributed by atoms with Gasteiger partial charge in [0.05, 0.1) is 5.69 Å². The Kier molecular flexibility index (Phi) is 3.85. The summed E-state index contributed by atoms with van der Waals surface area (Å²) in [6.07, 6.45) is 0. The van der Waals surface area contributed by atoms with Crippen molar-refractivity contribution >= 4 is 0 Å². The first-order valence-corrected chi connectivity index (χ1v) is 7.29. The van der Waals surface area contributed by atoms with E-state index in [0.29, 0.717) is 12.1 Å². The fraction of sp³-hybridized carbons (Fsp3) is 0.438. The lowest BCUT2D eigenvalue weighted by Gasteiger charge is -2.37. The summed E-state index contributed by atoms with van der Waals surface area (Å²) in [6, 6.07) is 13.6. The van der Waals surface area contributed by atoms with Gasteiger partial charge in [0.2, 0.25) is 0 Å². The Labute approximate surface area is 120 Å². The number of aromatic nitrogens is 2. The van der Waals surface area contributed by atoms with Gasteiger partial charge in [-0.15, -0.1) is 0 Å². The zero-order chi connectivity index (χ0) is 13.9. The number of piperazine rings is 1. The van der Waals surface area contributed by atoms with Crippen LogP contribution < -0.4 is 5.32 Å². The minimum atomic E-state index is 0.558. The molecule has 2 heterocycles. The minimum absolute atomic E-state index is 0.558.